The topological polar surface area (TPSA) is 61.2 Å². The Morgan fingerprint density at radius 1 is 1.26 bits per heavy atom. The number of aromatic nitrogens is 2. The van der Waals surface area contributed by atoms with E-state index in [9.17, 15) is 4.79 Å². The summed E-state index contributed by atoms with van der Waals surface area (Å²) in [6.07, 6.45) is 3.30. The maximum absolute atomic E-state index is 11.2. The van der Waals surface area contributed by atoms with E-state index in [2.05, 4.69) is 4.98 Å². The highest BCUT2D eigenvalue weighted by Gasteiger charge is 2.15. The van der Waals surface area contributed by atoms with Crippen molar-refractivity contribution in [1.82, 2.24) is 9.55 Å². The molecule has 0 saturated carbocycles. The van der Waals surface area contributed by atoms with E-state index in [0.29, 0.717) is 23.1 Å². The van der Waals surface area contributed by atoms with Crippen LogP contribution in [0.15, 0.2) is 45.6 Å². The van der Waals surface area contributed by atoms with Crippen LogP contribution in [0.5, 0.6) is 0 Å². The summed E-state index contributed by atoms with van der Waals surface area (Å²) in [7, 11) is 1.87. The third-order valence-corrected chi connectivity index (χ3v) is 2.94. The number of carbonyl (C=O) groups is 1. The first-order valence-electron chi connectivity index (χ1n) is 5.83. The van der Waals surface area contributed by atoms with Gasteiger partial charge in [0.1, 0.15) is 5.69 Å². The van der Waals surface area contributed by atoms with Gasteiger partial charge in [0.2, 0.25) is 0 Å². The molecule has 0 unspecified atom stereocenters. The summed E-state index contributed by atoms with van der Waals surface area (Å²) < 4.78 is 12.7. The number of hydrogen-bond acceptors (Lipinski definition) is 4. The second-order valence-electron chi connectivity index (χ2n) is 4.22. The van der Waals surface area contributed by atoms with Gasteiger partial charge < -0.3 is 13.4 Å². The molecule has 0 saturated heterocycles. The van der Waals surface area contributed by atoms with E-state index in [1.807, 2.05) is 23.7 Å². The maximum Gasteiger partial charge on any atom is 0.194 e. The molecule has 19 heavy (non-hydrogen) atoms. The van der Waals surface area contributed by atoms with Gasteiger partial charge in [-0.1, -0.05) is 0 Å². The minimum atomic E-state index is -0.0975. The Balaban J connectivity index is 2.04. The van der Waals surface area contributed by atoms with Crippen molar-refractivity contribution in [3.8, 4) is 23.0 Å². The molecule has 96 valence electrons. The number of carbonyl (C=O) groups excluding carboxylic acids is 1. The molecule has 0 aliphatic heterocycles. The van der Waals surface area contributed by atoms with E-state index in [0.717, 1.165) is 5.69 Å². The lowest BCUT2D eigenvalue weighted by Gasteiger charge is -2.01. The Hall–Kier alpha value is -2.56. The molecule has 0 spiro atoms. The van der Waals surface area contributed by atoms with Crippen LogP contribution in [0.25, 0.3) is 23.0 Å². The van der Waals surface area contributed by atoms with Gasteiger partial charge in [0.25, 0.3) is 0 Å². The highest BCUT2D eigenvalue weighted by molar-refractivity contribution is 5.91. The Bertz CT molecular complexity index is 720. The van der Waals surface area contributed by atoms with Crippen molar-refractivity contribution < 1.29 is 13.6 Å². The van der Waals surface area contributed by atoms with Gasteiger partial charge in [0.05, 0.1) is 12.5 Å². The highest BCUT2D eigenvalue weighted by Crippen LogP contribution is 2.27. The number of Topliss-reactive ketones (excluding diaryl/α,β-unsaturated/α-hetero) is 1. The molecule has 0 amide bonds. The molecule has 5 nitrogen and oxygen atoms in total. The van der Waals surface area contributed by atoms with Crippen LogP contribution in [0.2, 0.25) is 0 Å². The highest BCUT2D eigenvalue weighted by atomic mass is 16.3. The van der Waals surface area contributed by atoms with Gasteiger partial charge in [-0.3, -0.25) is 4.79 Å². The van der Waals surface area contributed by atoms with E-state index in [1.165, 1.54) is 6.92 Å². The van der Waals surface area contributed by atoms with E-state index in [4.69, 9.17) is 8.83 Å². The second-order valence-corrected chi connectivity index (χ2v) is 4.22. The minimum Gasteiger partial charge on any atom is -0.461 e. The molecule has 0 bridgehead atoms. The number of furan rings is 2. The van der Waals surface area contributed by atoms with Crippen LogP contribution in [0, 0.1) is 0 Å². The first kappa shape index (κ1) is 11.5. The SMILES string of the molecule is CC(=O)c1ccc(-c2cnc(-c3ccco3)n2C)o1. The molecule has 3 rings (SSSR count). The van der Waals surface area contributed by atoms with Crippen molar-refractivity contribution in [3.63, 3.8) is 0 Å². The Labute approximate surface area is 109 Å². The summed E-state index contributed by atoms with van der Waals surface area (Å²) in [6, 6.07) is 7.08. The van der Waals surface area contributed by atoms with Gasteiger partial charge in [-0.15, -0.1) is 0 Å². The Morgan fingerprint density at radius 2 is 2.11 bits per heavy atom. The average molecular weight is 256 g/mol. The molecule has 5 heteroatoms. The molecule has 0 N–H and O–H groups in total. The Morgan fingerprint density at radius 3 is 2.74 bits per heavy atom. The van der Waals surface area contributed by atoms with Gasteiger partial charge in [-0.25, -0.2) is 4.98 Å². The van der Waals surface area contributed by atoms with Crippen molar-refractivity contribution in [3.05, 3.63) is 42.5 Å². The first-order chi connectivity index (χ1) is 9.16. The summed E-state index contributed by atoms with van der Waals surface area (Å²) in [5, 5.41) is 0. The summed E-state index contributed by atoms with van der Waals surface area (Å²) in [6.45, 7) is 1.47. The van der Waals surface area contributed by atoms with E-state index >= 15 is 0 Å². The molecular weight excluding hydrogens is 244 g/mol. The van der Waals surface area contributed by atoms with Crippen LogP contribution in [-0.4, -0.2) is 15.3 Å². The fourth-order valence-electron chi connectivity index (χ4n) is 1.94. The number of hydrogen-bond donors (Lipinski definition) is 0. The molecule has 0 fully saturated rings. The summed E-state index contributed by atoms with van der Waals surface area (Å²) in [4.78, 5) is 15.5. The van der Waals surface area contributed by atoms with Crippen molar-refractivity contribution in [2.24, 2.45) is 7.05 Å². The standard InChI is InChI=1S/C14H12N2O3/c1-9(17)11-5-6-12(19-11)10-8-15-14(16(10)2)13-4-3-7-18-13/h3-8H,1-2H3. The number of nitrogens with zero attached hydrogens (tertiary/aromatic N) is 2. The monoisotopic (exact) mass is 256 g/mol. The zero-order valence-corrected chi connectivity index (χ0v) is 10.6. The lowest BCUT2D eigenvalue weighted by molar-refractivity contribution is 0.0988. The lowest BCUT2D eigenvalue weighted by atomic mass is 10.3. The van der Waals surface area contributed by atoms with E-state index < -0.39 is 0 Å². The van der Waals surface area contributed by atoms with Crippen molar-refractivity contribution in [1.29, 1.82) is 0 Å². The van der Waals surface area contributed by atoms with Crippen molar-refractivity contribution in [2.45, 2.75) is 6.92 Å². The molecule has 0 aliphatic carbocycles. The molecule has 0 aliphatic rings. The molecule has 0 aromatic carbocycles. The normalized spacial score (nSPS) is 10.8. The van der Waals surface area contributed by atoms with E-state index in [1.54, 1.807) is 24.6 Å². The molecule has 0 atom stereocenters. The van der Waals surface area contributed by atoms with E-state index in [-0.39, 0.29) is 5.78 Å². The third kappa shape index (κ3) is 1.89. The fraction of sp³-hybridized carbons (Fsp3) is 0.143. The van der Waals surface area contributed by atoms with Gasteiger partial charge in [0.15, 0.2) is 28.9 Å². The number of rotatable bonds is 3. The van der Waals surface area contributed by atoms with Gasteiger partial charge in [-0.05, 0) is 24.3 Å². The zero-order valence-electron chi connectivity index (χ0n) is 10.6. The molecule has 0 radical (unpaired) electrons. The summed E-state index contributed by atoms with van der Waals surface area (Å²) >= 11 is 0. The first-order valence-corrected chi connectivity index (χ1v) is 5.83. The number of imidazole rings is 1. The van der Waals surface area contributed by atoms with Gasteiger partial charge >= 0.3 is 0 Å². The molecule has 3 heterocycles. The van der Waals surface area contributed by atoms with Crippen LogP contribution in [0.1, 0.15) is 17.5 Å². The quantitative estimate of drug-likeness (QED) is 0.675. The molecule has 3 aromatic rings. The van der Waals surface area contributed by atoms with Crippen LogP contribution < -0.4 is 0 Å². The molecule has 3 aromatic heterocycles. The van der Waals surface area contributed by atoms with Gasteiger partial charge in [-0.2, -0.15) is 0 Å². The second kappa shape index (κ2) is 4.28. The summed E-state index contributed by atoms with van der Waals surface area (Å²) in [5.41, 5.74) is 0.791. The minimum absolute atomic E-state index is 0.0975. The zero-order chi connectivity index (χ0) is 13.4. The molecular formula is C14H12N2O3. The lowest BCUT2D eigenvalue weighted by Crippen LogP contribution is -1.94. The smallest absolute Gasteiger partial charge is 0.194 e. The average Bonchev–Trinajstić information content (AvgIpc) is 3.06. The van der Waals surface area contributed by atoms with Gasteiger partial charge in [0, 0.05) is 14.0 Å². The van der Waals surface area contributed by atoms with Crippen LogP contribution in [0.3, 0.4) is 0 Å². The fourth-order valence-corrected chi connectivity index (χ4v) is 1.94. The maximum atomic E-state index is 11.2. The largest absolute Gasteiger partial charge is 0.461 e. The Kier molecular flexibility index (Phi) is 2.59. The predicted molar refractivity (Wildman–Crippen MR) is 68.6 cm³/mol. The van der Waals surface area contributed by atoms with Crippen LogP contribution in [-0.2, 0) is 7.05 Å². The number of ketones is 1. The predicted octanol–water partition coefficient (Wildman–Crippen LogP) is 3.14. The van der Waals surface area contributed by atoms with Crippen molar-refractivity contribution >= 4 is 5.78 Å². The summed E-state index contributed by atoms with van der Waals surface area (Å²) in [5.74, 6) is 2.25. The van der Waals surface area contributed by atoms with Crippen LogP contribution >= 0.6 is 0 Å². The van der Waals surface area contributed by atoms with Crippen LogP contribution in [0.4, 0.5) is 0 Å². The third-order valence-electron chi connectivity index (χ3n) is 2.94. The van der Waals surface area contributed by atoms with Crippen molar-refractivity contribution in [2.75, 3.05) is 0 Å².